The van der Waals surface area contributed by atoms with Gasteiger partial charge in [-0.25, -0.2) is 14.1 Å². The molecule has 1 aliphatic carbocycles. The highest BCUT2D eigenvalue weighted by Crippen LogP contribution is 2.36. The van der Waals surface area contributed by atoms with Gasteiger partial charge in [-0.3, -0.25) is 9.59 Å². The summed E-state index contributed by atoms with van der Waals surface area (Å²) in [5.74, 6) is -0.571. The first-order valence-electron chi connectivity index (χ1n) is 9.10. The van der Waals surface area contributed by atoms with Gasteiger partial charge < -0.3 is 5.32 Å². The number of hydrogen-bond acceptors (Lipinski definition) is 5. The van der Waals surface area contributed by atoms with Gasteiger partial charge in [0.2, 0.25) is 0 Å². The molecule has 0 atom stereocenters. The van der Waals surface area contributed by atoms with Crippen molar-refractivity contribution in [1.82, 2.24) is 20.1 Å². The first-order valence-corrected chi connectivity index (χ1v) is 9.92. The Morgan fingerprint density at radius 2 is 1.93 bits per heavy atom. The van der Waals surface area contributed by atoms with Gasteiger partial charge in [-0.15, -0.1) is 11.3 Å². The fraction of sp³-hybridized carbons (Fsp3) is 0.300. The van der Waals surface area contributed by atoms with Crippen molar-refractivity contribution in [2.24, 2.45) is 0 Å². The molecule has 1 saturated carbocycles. The Kier molecular flexibility index (Phi) is 4.80. The second kappa shape index (κ2) is 7.27. The second-order valence-electron chi connectivity index (χ2n) is 7.05. The minimum Gasteiger partial charge on any atom is -0.347 e. The Morgan fingerprint density at radius 1 is 1.21 bits per heavy atom. The molecule has 1 fully saturated rings. The molecule has 1 N–H and O–H groups in total. The zero-order valence-electron chi connectivity index (χ0n) is 15.5. The summed E-state index contributed by atoms with van der Waals surface area (Å²) in [6.45, 7) is 3.75. The summed E-state index contributed by atoms with van der Waals surface area (Å²) < 4.78 is 14.8. The molecule has 0 saturated heterocycles. The van der Waals surface area contributed by atoms with E-state index in [0.29, 0.717) is 26.8 Å². The van der Waals surface area contributed by atoms with E-state index in [2.05, 4.69) is 15.4 Å². The third-order valence-electron chi connectivity index (χ3n) is 4.40. The third-order valence-corrected chi connectivity index (χ3v) is 5.48. The smallest absolute Gasteiger partial charge is 0.280 e. The predicted molar refractivity (Wildman–Crippen MR) is 106 cm³/mol. The number of benzene rings is 1. The number of carbonyl (C=O) groups is 1. The highest BCUT2D eigenvalue weighted by atomic mass is 32.1. The molecular formula is C20H19FN4O2S. The molecule has 2 heterocycles. The summed E-state index contributed by atoms with van der Waals surface area (Å²) in [6, 6.07) is 9.15. The molecular weight excluding hydrogens is 379 g/mol. The van der Waals surface area contributed by atoms with Crippen LogP contribution in [0.1, 0.15) is 42.5 Å². The van der Waals surface area contributed by atoms with Gasteiger partial charge in [0.1, 0.15) is 11.5 Å². The molecule has 0 spiro atoms. The average molecular weight is 398 g/mol. The zero-order chi connectivity index (χ0) is 19.8. The summed E-state index contributed by atoms with van der Waals surface area (Å²) >= 11 is 1.22. The van der Waals surface area contributed by atoms with Crippen LogP contribution in [0.5, 0.6) is 0 Å². The van der Waals surface area contributed by atoms with E-state index in [-0.39, 0.29) is 29.4 Å². The number of aromatic nitrogens is 3. The SMILES string of the molecule is CC(C)n1nc(-c2sc(C(=O)NC3CC3)nc2-c2ccc(F)cc2)ccc1=O. The normalized spacial score (nSPS) is 13.7. The molecule has 4 rings (SSSR count). The van der Waals surface area contributed by atoms with E-state index in [4.69, 9.17) is 0 Å². The Balaban J connectivity index is 1.83. The van der Waals surface area contributed by atoms with Crippen molar-refractivity contribution in [1.29, 1.82) is 0 Å². The number of nitrogens with zero attached hydrogens (tertiary/aromatic N) is 3. The fourth-order valence-electron chi connectivity index (χ4n) is 2.79. The van der Waals surface area contributed by atoms with Crippen molar-refractivity contribution in [3.05, 3.63) is 57.6 Å². The van der Waals surface area contributed by atoms with Crippen molar-refractivity contribution in [3.8, 4) is 21.8 Å². The van der Waals surface area contributed by atoms with Crippen molar-refractivity contribution < 1.29 is 9.18 Å². The number of rotatable bonds is 5. The molecule has 0 radical (unpaired) electrons. The van der Waals surface area contributed by atoms with Crippen LogP contribution in [0.2, 0.25) is 0 Å². The quantitative estimate of drug-likeness (QED) is 0.712. The molecule has 1 amide bonds. The van der Waals surface area contributed by atoms with E-state index >= 15 is 0 Å². The Morgan fingerprint density at radius 3 is 2.57 bits per heavy atom. The Bertz CT molecular complexity index is 1080. The summed E-state index contributed by atoms with van der Waals surface area (Å²) in [4.78, 5) is 29.8. The number of thiazole rings is 1. The van der Waals surface area contributed by atoms with Gasteiger partial charge in [0, 0.05) is 17.7 Å². The van der Waals surface area contributed by atoms with Crippen LogP contribution in [0.15, 0.2) is 41.2 Å². The molecule has 1 aliphatic rings. The van der Waals surface area contributed by atoms with E-state index in [1.165, 1.54) is 34.2 Å². The molecule has 3 aromatic rings. The maximum Gasteiger partial charge on any atom is 0.280 e. The van der Waals surface area contributed by atoms with Gasteiger partial charge in [-0.05, 0) is 57.0 Å². The van der Waals surface area contributed by atoms with Gasteiger partial charge >= 0.3 is 0 Å². The summed E-state index contributed by atoms with van der Waals surface area (Å²) in [6.07, 6.45) is 1.96. The van der Waals surface area contributed by atoms with E-state index in [1.54, 1.807) is 18.2 Å². The lowest BCUT2D eigenvalue weighted by Crippen LogP contribution is -2.25. The van der Waals surface area contributed by atoms with E-state index in [9.17, 15) is 14.0 Å². The fourth-order valence-corrected chi connectivity index (χ4v) is 3.74. The molecule has 0 aliphatic heterocycles. The van der Waals surface area contributed by atoms with Crippen LogP contribution in [0.4, 0.5) is 4.39 Å². The minimum absolute atomic E-state index is 0.104. The van der Waals surface area contributed by atoms with E-state index < -0.39 is 0 Å². The molecule has 8 heteroatoms. The minimum atomic E-state index is -0.348. The van der Waals surface area contributed by atoms with E-state index in [0.717, 1.165) is 12.8 Å². The molecule has 0 unspecified atom stereocenters. The second-order valence-corrected chi connectivity index (χ2v) is 8.05. The number of amides is 1. The van der Waals surface area contributed by atoms with Gasteiger partial charge in [0.25, 0.3) is 11.5 Å². The lowest BCUT2D eigenvalue weighted by Gasteiger charge is -2.09. The Hall–Kier alpha value is -2.87. The summed E-state index contributed by atoms with van der Waals surface area (Å²) in [5.41, 5.74) is 1.59. The lowest BCUT2D eigenvalue weighted by molar-refractivity contribution is 0.0951. The molecule has 144 valence electrons. The van der Waals surface area contributed by atoms with Crippen molar-refractivity contribution in [3.63, 3.8) is 0 Å². The summed E-state index contributed by atoms with van der Waals surface area (Å²) in [5, 5.41) is 7.72. The largest absolute Gasteiger partial charge is 0.347 e. The van der Waals surface area contributed by atoms with Gasteiger partial charge in [-0.1, -0.05) is 0 Å². The lowest BCUT2D eigenvalue weighted by atomic mass is 10.1. The highest BCUT2D eigenvalue weighted by Gasteiger charge is 2.27. The maximum absolute atomic E-state index is 13.4. The highest BCUT2D eigenvalue weighted by molar-refractivity contribution is 7.17. The van der Waals surface area contributed by atoms with Crippen LogP contribution < -0.4 is 10.9 Å². The predicted octanol–water partition coefficient (Wildman–Crippen LogP) is 3.65. The molecule has 6 nitrogen and oxygen atoms in total. The van der Waals surface area contributed by atoms with E-state index in [1.807, 2.05) is 13.8 Å². The molecule has 2 aromatic heterocycles. The van der Waals surface area contributed by atoms with Crippen molar-refractivity contribution in [2.45, 2.75) is 38.8 Å². The van der Waals surface area contributed by atoms with Crippen LogP contribution in [0.3, 0.4) is 0 Å². The Labute approximate surface area is 165 Å². The van der Waals surface area contributed by atoms with Crippen LogP contribution in [-0.2, 0) is 0 Å². The monoisotopic (exact) mass is 398 g/mol. The van der Waals surface area contributed by atoms with Crippen LogP contribution in [0.25, 0.3) is 21.8 Å². The van der Waals surface area contributed by atoms with Gasteiger partial charge in [-0.2, -0.15) is 5.10 Å². The first-order chi connectivity index (χ1) is 13.4. The zero-order valence-corrected chi connectivity index (χ0v) is 16.3. The van der Waals surface area contributed by atoms with Crippen LogP contribution in [0, 0.1) is 5.82 Å². The third kappa shape index (κ3) is 3.73. The maximum atomic E-state index is 13.4. The van der Waals surface area contributed by atoms with Gasteiger partial charge in [0.05, 0.1) is 16.6 Å². The number of hydrogen-bond donors (Lipinski definition) is 1. The number of halogens is 1. The molecule has 28 heavy (non-hydrogen) atoms. The van der Waals surface area contributed by atoms with Crippen molar-refractivity contribution >= 4 is 17.2 Å². The number of nitrogens with one attached hydrogen (secondary N) is 1. The van der Waals surface area contributed by atoms with Crippen molar-refractivity contribution in [2.75, 3.05) is 0 Å². The standard InChI is InChI=1S/C20H19FN4O2S/c1-11(2)25-16(26)10-9-15(24-25)18-17(12-3-5-13(21)6-4-12)23-20(28-18)19(27)22-14-7-8-14/h3-6,9-11,14H,7-8H2,1-2H3,(H,22,27). The van der Waals surface area contributed by atoms with Crippen LogP contribution in [-0.4, -0.2) is 26.7 Å². The summed E-state index contributed by atoms with van der Waals surface area (Å²) in [7, 11) is 0. The molecule has 0 bridgehead atoms. The number of carbonyl (C=O) groups excluding carboxylic acids is 1. The van der Waals surface area contributed by atoms with Gasteiger partial charge in [0.15, 0.2) is 5.01 Å². The average Bonchev–Trinajstić information content (AvgIpc) is 3.37. The first kappa shape index (κ1) is 18.5. The topological polar surface area (TPSA) is 76.9 Å². The molecule has 1 aromatic carbocycles. The van der Waals surface area contributed by atoms with Crippen LogP contribution >= 0.6 is 11.3 Å².